The molecule has 9 heteroatoms. The molecule has 0 aliphatic rings. The molecule has 0 aliphatic heterocycles. The van der Waals surface area contributed by atoms with Crippen molar-refractivity contribution in [3.05, 3.63) is 46.7 Å². The predicted octanol–water partition coefficient (Wildman–Crippen LogP) is 1.00. The Balaban J connectivity index is 1.48. The number of nitrogens with zero attached hydrogens (tertiary/aromatic N) is 4. The number of amides is 2. The number of carbonyl (C=O) groups is 1. The molecular weight excluding hydrogens is 300 g/mol. The highest BCUT2D eigenvalue weighted by molar-refractivity contribution is 5.88. The number of aryl methyl sites for hydroxylation is 2. The van der Waals surface area contributed by atoms with Gasteiger partial charge in [0.15, 0.2) is 11.5 Å². The van der Waals surface area contributed by atoms with Crippen LogP contribution < -0.4 is 16.3 Å². The lowest BCUT2D eigenvalue weighted by Gasteiger charge is -2.04. The second kappa shape index (κ2) is 6.34. The Morgan fingerprint density at radius 2 is 2.26 bits per heavy atom. The van der Waals surface area contributed by atoms with Crippen molar-refractivity contribution < 1.29 is 9.32 Å². The second-order valence-electron chi connectivity index (χ2n) is 4.99. The fraction of sp³-hybridized carbons (Fsp3) is 0.286. The standard InChI is InChI=1S/C14H16N6O3/c1-10-9-11(18-23-10)16-13(21)15-6-4-8-20-14(22)19-7-3-2-5-12(19)17-20/h2-3,5,7,9H,4,6,8H2,1H3,(H2,15,16,18,21). The summed E-state index contributed by atoms with van der Waals surface area (Å²) in [6.07, 6.45) is 2.25. The summed E-state index contributed by atoms with van der Waals surface area (Å²) in [5.74, 6) is 0.975. The molecular formula is C14H16N6O3. The molecule has 0 saturated carbocycles. The van der Waals surface area contributed by atoms with Gasteiger partial charge >= 0.3 is 11.7 Å². The zero-order chi connectivity index (χ0) is 16.2. The lowest BCUT2D eigenvalue weighted by Crippen LogP contribution is -2.31. The number of hydrogen-bond acceptors (Lipinski definition) is 5. The summed E-state index contributed by atoms with van der Waals surface area (Å²) in [7, 11) is 0. The molecule has 0 unspecified atom stereocenters. The SMILES string of the molecule is Cc1cc(NC(=O)NCCCn2nc3ccccn3c2=O)no1. The molecule has 9 nitrogen and oxygen atoms in total. The van der Waals surface area contributed by atoms with Crippen molar-refractivity contribution in [3.63, 3.8) is 0 Å². The Morgan fingerprint density at radius 3 is 3.00 bits per heavy atom. The maximum absolute atomic E-state index is 12.0. The summed E-state index contributed by atoms with van der Waals surface area (Å²) in [6, 6.07) is 6.61. The van der Waals surface area contributed by atoms with Crippen molar-refractivity contribution in [2.24, 2.45) is 0 Å². The van der Waals surface area contributed by atoms with Gasteiger partial charge in [-0.25, -0.2) is 14.3 Å². The summed E-state index contributed by atoms with van der Waals surface area (Å²) in [6.45, 7) is 2.56. The van der Waals surface area contributed by atoms with Gasteiger partial charge in [0.05, 0.1) is 0 Å². The Bertz CT molecular complexity index is 878. The maximum atomic E-state index is 12.0. The van der Waals surface area contributed by atoms with E-state index >= 15 is 0 Å². The lowest BCUT2D eigenvalue weighted by atomic mass is 10.4. The second-order valence-corrected chi connectivity index (χ2v) is 4.99. The highest BCUT2D eigenvalue weighted by Crippen LogP contribution is 2.06. The van der Waals surface area contributed by atoms with E-state index in [1.54, 1.807) is 31.3 Å². The van der Waals surface area contributed by atoms with Crippen LogP contribution in [0.25, 0.3) is 5.65 Å². The first-order valence-corrected chi connectivity index (χ1v) is 7.16. The van der Waals surface area contributed by atoms with Gasteiger partial charge in [0.2, 0.25) is 0 Å². The molecule has 0 atom stereocenters. The number of pyridine rings is 1. The summed E-state index contributed by atoms with van der Waals surface area (Å²) in [4.78, 5) is 23.7. The number of rotatable bonds is 5. The molecule has 0 bridgehead atoms. The van der Waals surface area contributed by atoms with Crippen LogP contribution in [-0.4, -0.2) is 31.9 Å². The van der Waals surface area contributed by atoms with Crippen LogP contribution in [0.3, 0.4) is 0 Å². The van der Waals surface area contributed by atoms with Crippen LogP contribution in [0.2, 0.25) is 0 Å². The molecule has 3 aromatic rings. The highest BCUT2D eigenvalue weighted by Gasteiger charge is 2.07. The summed E-state index contributed by atoms with van der Waals surface area (Å²) < 4.78 is 7.71. The molecule has 23 heavy (non-hydrogen) atoms. The molecule has 2 amide bonds. The number of urea groups is 1. The number of aromatic nitrogens is 4. The van der Waals surface area contributed by atoms with Crippen molar-refractivity contribution in [1.82, 2.24) is 24.7 Å². The highest BCUT2D eigenvalue weighted by atomic mass is 16.5. The number of hydrogen-bond donors (Lipinski definition) is 2. The number of fused-ring (bicyclic) bond motifs is 1. The minimum absolute atomic E-state index is 0.192. The van der Waals surface area contributed by atoms with Gasteiger partial charge in [-0.15, -0.1) is 5.10 Å². The molecule has 3 aromatic heterocycles. The van der Waals surface area contributed by atoms with Gasteiger partial charge in [-0.05, 0) is 25.5 Å². The largest absolute Gasteiger partial charge is 0.360 e. The molecule has 2 N–H and O–H groups in total. The third kappa shape index (κ3) is 3.39. The Kier molecular flexibility index (Phi) is 4.09. The van der Waals surface area contributed by atoms with Crippen molar-refractivity contribution in [2.45, 2.75) is 19.9 Å². The predicted molar refractivity (Wildman–Crippen MR) is 82.3 cm³/mol. The van der Waals surface area contributed by atoms with Gasteiger partial charge in [-0.1, -0.05) is 11.2 Å². The van der Waals surface area contributed by atoms with Crippen LogP contribution >= 0.6 is 0 Å². The molecule has 0 radical (unpaired) electrons. The third-order valence-electron chi connectivity index (χ3n) is 3.19. The number of carbonyl (C=O) groups excluding carboxylic acids is 1. The van der Waals surface area contributed by atoms with Crippen LogP contribution in [0.15, 0.2) is 39.8 Å². The molecule has 0 aromatic carbocycles. The number of anilines is 1. The topological polar surface area (TPSA) is 106 Å². The van der Waals surface area contributed by atoms with Gasteiger partial charge in [0.1, 0.15) is 5.76 Å². The minimum Gasteiger partial charge on any atom is -0.360 e. The van der Waals surface area contributed by atoms with E-state index < -0.39 is 0 Å². The summed E-state index contributed by atoms with van der Waals surface area (Å²) >= 11 is 0. The molecule has 0 aliphatic carbocycles. The van der Waals surface area contributed by atoms with Crippen LogP contribution in [0.5, 0.6) is 0 Å². The molecule has 3 heterocycles. The first kappa shape index (κ1) is 14.8. The fourth-order valence-electron chi connectivity index (χ4n) is 2.13. The van der Waals surface area contributed by atoms with Crippen molar-refractivity contribution >= 4 is 17.5 Å². The van der Waals surface area contributed by atoms with Crippen LogP contribution in [-0.2, 0) is 6.54 Å². The van der Waals surface area contributed by atoms with E-state index in [1.807, 2.05) is 6.07 Å². The van der Waals surface area contributed by atoms with E-state index in [-0.39, 0.29) is 11.7 Å². The number of nitrogens with one attached hydrogen (secondary N) is 2. The van der Waals surface area contributed by atoms with Crippen molar-refractivity contribution in [1.29, 1.82) is 0 Å². The molecule has 0 saturated heterocycles. The van der Waals surface area contributed by atoms with Gasteiger partial charge in [0.25, 0.3) is 0 Å². The summed E-state index contributed by atoms with van der Waals surface area (Å²) in [5.41, 5.74) is 0.410. The first-order chi connectivity index (χ1) is 11.1. The first-order valence-electron chi connectivity index (χ1n) is 7.16. The average Bonchev–Trinajstić information content (AvgIpc) is 3.08. The van der Waals surface area contributed by atoms with E-state index in [2.05, 4.69) is 20.9 Å². The smallest absolute Gasteiger partial charge is 0.350 e. The minimum atomic E-state index is -0.374. The fourth-order valence-corrected chi connectivity index (χ4v) is 2.13. The zero-order valence-corrected chi connectivity index (χ0v) is 12.5. The Labute approximate surface area is 130 Å². The molecule has 3 rings (SSSR count). The van der Waals surface area contributed by atoms with E-state index in [4.69, 9.17) is 4.52 Å². The van der Waals surface area contributed by atoms with E-state index in [0.29, 0.717) is 36.7 Å². The van der Waals surface area contributed by atoms with Crippen LogP contribution in [0.4, 0.5) is 10.6 Å². The van der Waals surface area contributed by atoms with Gasteiger partial charge < -0.3 is 9.84 Å². The Hall–Kier alpha value is -3.10. The van der Waals surface area contributed by atoms with E-state index in [0.717, 1.165) is 0 Å². The van der Waals surface area contributed by atoms with Crippen LogP contribution in [0, 0.1) is 6.92 Å². The van der Waals surface area contributed by atoms with Crippen molar-refractivity contribution in [3.8, 4) is 0 Å². The van der Waals surface area contributed by atoms with E-state index in [1.165, 1.54) is 9.08 Å². The van der Waals surface area contributed by atoms with E-state index in [9.17, 15) is 9.59 Å². The van der Waals surface area contributed by atoms with Gasteiger partial charge in [0, 0.05) is 25.4 Å². The zero-order valence-electron chi connectivity index (χ0n) is 12.5. The average molecular weight is 316 g/mol. The normalized spacial score (nSPS) is 10.8. The molecule has 120 valence electrons. The van der Waals surface area contributed by atoms with Crippen molar-refractivity contribution in [2.75, 3.05) is 11.9 Å². The van der Waals surface area contributed by atoms with Crippen LogP contribution in [0.1, 0.15) is 12.2 Å². The molecule has 0 spiro atoms. The molecule has 0 fully saturated rings. The quantitative estimate of drug-likeness (QED) is 0.683. The maximum Gasteiger partial charge on any atom is 0.350 e. The summed E-state index contributed by atoms with van der Waals surface area (Å²) in [5, 5.41) is 13.1. The van der Waals surface area contributed by atoms with Gasteiger partial charge in [-0.2, -0.15) is 0 Å². The Morgan fingerprint density at radius 1 is 1.39 bits per heavy atom. The van der Waals surface area contributed by atoms with Gasteiger partial charge in [-0.3, -0.25) is 9.72 Å². The monoisotopic (exact) mass is 316 g/mol. The third-order valence-corrected chi connectivity index (χ3v) is 3.19. The lowest BCUT2D eigenvalue weighted by molar-refractivity contribution is 0.251.